The molecule has 1 amide bonds. The van der Waals surface area contributed by atoms with Gasteiger partial charge in [-0.3, -0.25) is 9.89 Å². The van der Waals surface area contributed by atoms with Crippen molar-refractivity contribution < 1.29 is 9.18 Å². The topological polar surface area (TPSA) is 61.0 Å². The van der Waals surface area contributed by atoms with Gasteiger partial charge in [0.05, 0.1) is 16.6 Å². The van der Waals surface area contributed by atoms with Crippen molar-refractivity contribution in [2.75, 3.05) is 20.6 Å². The van der Waals surface area contributed by atoms with Gasteiger partial charge in [0.1, 0.15) is 5.82 Å². The Morgan fingerprint density at radius 1 is 1.31 bits per heavy atom. The first kappa shape index (κ1) is 18.3. The minimum absolute atomic E-state index is 0.131. The van der Waals surface area contributed by atoms with Crippen LogP contribution in [0.1, 0.15) is 27.0 Å². The summed E-state index contributed by atoms with van der Waals surface area (Å²) in [5.41, 5.74) is 1.97. The molecule has 1 atom stereocenters. The molecule has 0 fully saturated rings. The summed E-state index contributed by atoms with van der Waals surface area (Å²) >= 11 is 1.64. The highest BCUT2D eigenvalue weighted by atomic mass is 32.1. The van der Waals surface area contributed by atoms with Crippen molar-refractivity contribution in [3.63, 3.8) is 0 Å². The van der Waals surface area contributed by atoms with E-state index >= 15 is 0 Å². The van der Waals surface area contributed by atoms with Crippen LogP contribution in [0.25, 0.3) is 10.6 Å². The average Bonchev–Trinajstić information content (AvgIpc) is 3.23. The van der Waals surface area contributed by atoms with Crippen molar-refractivity contribution in [3.05, 3.63) is 64.4 Å². The number of aromatic amines is 1. The van der Waals surface area contributed by atoms with Crippen LogP contribution >= 0.6 is 11.3 Å². The molecule has 5 nitrogen and oxygen atoms in total. The molecule has 7 heteroatoms. The molecule has 0 saturated carbocycles. The molecule has 0 aliphatic rings. The summed E-state index contributed by atoms with van der Waals surface area (Å²) in [4.78, 5) is 16.6. The molecule has 0 spiro atoms. The number of aryl methyl sites for hydroxylation is 1. The number of hydrogen-bond donors (Lipinski definition) is 2. The first-order valence-corrected chi connectivity index (χ1v) is 9.08. The van der Waals surface area contributed by atoms with E-state index < -0.39 is 0 Å². The van der Waals surface area contributed by atoms with Crippen LogP contribution in [0.3, 0.4) is 0 Å². The number of thiophene rings is 1. The summed E-state index contributed by atoms with van der Waals surface area (Å²) in [6.45, 7) is 2.39. The van der Waals surface area contributed by atoms with Gasteiger partial charge in [0.25, 0.3) is 5.91 Å². The monoisotopic (exact) mass is 372 g/mol. The van der Waals surface area contributed by atoms with Crippen molar-refractivity contribution >= 4 is 17.2 Å². The Morgan fingerprint density at radius 3 is 2.77 bits per heavy atom. The Hall–Kier alpha value is -2.51. The second-order valence-corrected chi connectivity index (χ2v) is 7.61. The van der Waals surface area contributed by atoms with Crippen LogP contribution in [0, 0.1) is 12.7 Å². The predicted molar refractivity (Wildman–Crippen MR) is 102 cm³/mol. The van der Waals surface area contributed by atoms with Gasteiger partial charge in [0, 0.05) is 11.4 Å². The van der Waals surface area contributed by atoms with Crippen LogP contribution in [-0.4, -0.2) is 41.6 Å². The molecule has 1 aromatic carbocycles. The number of likely N-dealkylation sites (N-methyl/N-ethyl adjacent to an activating group) is 1. The minimum atomic E-state index is -0.288. The van der Waals surface area contributed by atoms with Crippen molar-refractivity contribution in [1.82, 2.24) is 20.4 Å². The molecule has 136 valence electrons. The van der Waals surface area contributed by atoms with Crippen molar-refractivity contribution in [1.29, 1.82) is 0 Å². The summed E-state index contributed by atoms with van der Waals surface area (Å²) in [7, 11) is 3.79. The molecular weight excluding hydrogens is 351 g/mol. The van der Waals surface area contributed by atoms with Gasteiger partial charge in [0.2, 0.25) is 0 Å². The number of aromatic nitrogens is 2. The zero-order valence-electron chi connectivity index (χ0n) is 14.9. The number of H-pyrrole nitrogens is 1. The Bertz CT molecular complexity index is 902. The molecule has 0 aliphatic carbocycles. The average molecular weight is 372 g/mol. The van der Waals surface area contributed by atoms with Crippen LogP contribution in [0.5, 0.6) is 0 Å². The Morgan fingerprint density at radius 2 is 2.12 bits per heavy atom. The third-order valence-corrected chi connectivity index (χ3v) is 5.16. The molecule has 26 heavy (non-hydrogen) atoms. The van der Waals surface area contributed by atoms with Crippen LogP contribution in [0.2, 0.25) is 0 Å². The van der Waals surface area contributed by atoms with Crippen molar-refractivity contribution in [3.8, 4) is 10.6 Å². The lowest BCUT2D eigenvalue weighted by atomic mass is 10.1. The summed E-state index contributed by atoms with van der Waals surface area (Å²) < 4.78 is 13.5. The van der Waals surface area contributed by atoms with Gasteiger partial charge in [-0.1, -0.05) is 12.1 Å². The highest BCUT2D eigenvalue weighted by Gasteiger charge is 2.18. The fourth-order valence-electron chi connectivity index (χ4n) is 2.74. The van der Waals surface area contributed by atoms with Gasteiger partial charge in [-0.15, -0.1) is 11.3 Å². The second kappa shape index (κ2) is 7.80. The van der Waals surface area contributed by atoms with Gasteiger partial charge in [0.15, 0.2) is 5.69 Å². The molecule has 1 unspecified atom stereocenters. The van der Waals surface area contributed by atoms with E-state index in [-0.39, 0.29) is 17.8 Å². The Kier molecular flexibility index (Phi) is 5.49. The van der Waals surface area contributed by atoms with Crippen LogP contribution in [-0.2, 0) is 0 Å². The number of halogens is 1. The molecule has 0 radical (unpaired) electrons. The second-order valence-electron chi connectivity index (χ2n) is 6.32. The SMILES string of the molecule is Cc1ccc(-c2cc(C(=O)NCC(c3cccc(F)c3)N(C)C)n[nH]2)s1. The zero-order valence-corrected chi connectivity index (χ0v) is 15.7. The number of benzene rings is 1. The first-order valence-electron chi connectivity index (χ1n) is 8.26. The van der Waals surface area contributed by atoms with E-state index in [1.54, 1.807) is 23.5 Å². The number of nitrogens with zero attached hydrogens (tertiary/aromatic N) is 2. The van der Waals surface area contributed by atoms with Gasteiger partial charge in [-0.25, -0.2) is 4.39 Å². The molecule has 0 bridgehead atoms. The van der Waals surface area contributed by atoms with Gasteiger partial charge in [-0.2, -0.15) is 5.10 Å². The van der Waals surface area contributed by atoms with Crippen LogP contribution in [0.4, 0.5) is 4.39 Å². The van der Waals surface area contributed by atoms with E-state index in [0.717, 1.165) is 16.1 Å². The molecule has 0 aliphatic heterocycles. The third kappa shape index (κ3) is 4.17. The fraction of sp³-hybridized carbons (Fsp3) is 0.263. The number of carbonyl (C=O) groups is 1. The van der Waals surface area contributed by atoms with Gasteiger partial charge < -0.3 is 10.2 Å². The smallest absolute Gasteiger partial charge is 0.271 e. The maximum atomic E-state index is 13.5. The van der Waals surface area contributed by atoms with Gasteiger partial charge in [-0.05, 0) is 56.9 Å². The van der Waals surface area contributed by atoms with Crippen molar-refractivity contribution in [2.45, 2.75) is 13.0 Å². The predicted octanol–water partition coefficient (Wildman–Crippen LogP) is 3.62. The molecule has 3 aromatic rings. The fourth-order valence-corrected chi connectivity index (χ4v) is 3.57. The molecular formula is C19H21FN4OS. The maximum absolute atomic E-state index is 13.5. The number of carbonyl (C=O) groups excluding carboxylic acids is 1. The minimum Gasteiger partial charge on any atom is -0.349 e. The number of hydrogen-bond acceptors (Lipinski definition) is 4. The Balaban J connectivity index is 1.68. The van der Waals surface area contributed by atoms with E-state index in [1.165, 1.54) is 17.0 Å². The third-order valence-electron chi connectivity index (χ3n) is 4.13. The van der Waals surface area contributed by atoms with E-state index in [2.05, 4.69) is 15.5 Å². The Labute approximate surface area is 155 Å². The summed E-state index contributed by atoms with van der Waals surface area (Å²) in [6.07, 6.45) is 0. The highest BCUT2D eigenvalue weighted by molar-refractivity contribution is 7.15. The number of nitrogens with one attached hydrogen (secondary N) is 2. The lowest BCUT2D eigenvalue weighted by Crippen LogP contribution is -2.34. The highest BCUT2D eigenvalue weighted by Crippen LogP contribution is 2.26. The number of rotatable bonds is 6. The zero-order chi connectivity index (χ0) is 18.7. The van der Waals surface area contributed by atoms with Gasteiger partial charge >= 0.3 is 0 Å². The summed E-state index contributed by atoms with van der Waals surface area (Å²) in [5.74, 6) is -0.548. The lowest BCUT2D eigenvalue weighted by Gasteiger charge is -2.25. The molecule has 2 N–H and O–H groups in total. The standard InChI is InChI=1S/C19H21FN4OS/c1-12-7-8-18(26-12)15-10-16(23-22-15)19(25)21-11-17(24(2)3)13-5-4-6-14(20)9-13/h4-10,17H,11H2,1-3H3,(H,21,25)(H,22,23). The normalized spacial score (nSPS) is 12.3. The number of amides is 1. The van der Waals surface area contributed by atoms with E-state index in [1.807, 2.05) is 44.1 Å². The molecule has 2 heterocycles. The van der Waals surface area contributed by atoms with E-state index in [4.69, 9.17) is 0 Å². The van der Waals surface area contributed by atoms with E-state index in [0.29, 0.717) is 12.2 Å². The quantitative estimate of drug-likeness (QED) is 0.695. The molecule has 0 saturated heterocycles. The lowest BCUT2D eigenvalue weighted by molar-refractivity contribution is 0.0937. The molecule has 3 rings (SSSR count). The van der Waals surface area contributed by atoms with Crippen LogP contribution in [0.15, 0.2) is 42.5 Å². The first-order chi connectivity index (χ1) is 12.4. The largest absolute Gasteiger partial charge is 0.349 e. The summed E-state index contributed by atoms with van der Waals surface area (Å²) in [5, 5.41) is 9.90. The molecule has 2 aromatic heterocycles. The van der Waals surface area contributed by atoms with E-state index in [9.17, 15) is 9.18 Å². The van der Waals surface area contributed by atoms with Crippen LogP contribution < -0.4 is 5.32 Å². The summed E-state index contributed by atoms with van der Waals surface area (Å²) in [6, 6.07) is 12.1. The van der Waals surface area contributed by atoms with Crippen molar-refractivity contribution in [2.24, 2.45) is 0 Å². The maximum Gasteiger partial charge on any atom is 0.271 e.